The standard InChI is InChI=1S/C27H23F4N5O2/c1-16-2-3-19(35-25(37)17-4-5-33-23(9-17)27(29,30)31)10-20(16)18-8-22-21(34-12-18)11-26(14-28,15-32)24-13-38-7-6-36(22)24/h2-5,8-10,12,24H,6-7,11,13-14H2,1H3,(H,35,37)/t24-,26-/m0/s1. The fourth-order valence-electron chi connectivity index (χ4n) is 5.00. The minimum Gasteiger partial charge on any atom is -0.377 e. The predicted molar refractivity (Wildman–Crippen MR) is 131 cm³/mol. The van der Waals surface area contributed by atoms with Crippen molar-refractivity contribution in [2.24, 2.45) is 5.41 Å². The normalized spacial score (nSPS) is 20.7. The molecule has 0 spiro atoms. The number of halogens is 4. The number of aromatic nitrogens is 2. The molecule has 5 rings (SSSR count). The number of rotatable bonds is 4. The zero-order valence-corrected chi connectivity index (χ0v) is 20.3. The van der Waals surface area contributed by atoms with E-state index in [0.717, 1.165) is 28.6 Å². The van der Waals surface area contributed by atoms with Crippen LogP contribution in [0.5, 0.6) is 0 Å². The number of aryl methyl sites for hydroxylation is 1. The minimum atomic E-state index is -4.66. The van der Waals surface area contributed by atoms with Gasteiger partial charge in [-0.15, -0.1) is 0 Å². The zero-order valence-electron chi connectivity index (χ0n) is 20.3. The third kappa shape index (κ3) is 4.56. The molecule has 3 aromatic rings. The Hall–Kier alpha value is -4.04. The Morgan fingerprint density at radius 1 is 1.26 bits per heavy atom. The molecule has 0 saturated carbocycles. The number of hydrogen-bond acceptors (Lipinski definition) is 6. The molecule has 0 radical (unpaired) electrons. The van der Waals surface area contributed by atoms with Crippen LogP contribution in [0.4, 0.5) is 28.9 Å². The molecule has 38 heavy (non-hydrogen) atoms. The maximum absolute atomic E-state index is 14.1. The van der Waals surface area contributed by atoms with Crippen LogP contribution in [0.1, 0.15) is 27.3 Å². The fourth-order valence-corrected chi connectivity index (χ4v) is 5.00. The lowest BCUT2D eigenvalue weighted by Gasteiger charge is -2.48. The fraction of sp³-hybridized carbons (Fsp3) is 0.333. The van der Waals surface area contributed by atoms with Gasteiger partial charge in [-0.2, -0.15) is 18.4 Å². The quantitative estimate of drug-likeness (QED) is 0.484. The van der Waals surface area contributed by atoms with Gasteiger partial charge in [-0.25, -0.2) is 4.39 Å². The van der Waals surface area contributed by atoms with E-state index < -0.39 is 35.9 Å². The Morgan fingerprint density at radius 2 is 2.08 bits per heavy atom. The molecule has 7 nitrogen and oxygen atoms in total. The van der Waals surface area contributed by atoms with Gasteiger partial charge in [0.25, 0.3) is 5.91 Å². The number of nitrogens with zero attached hydrogens (tertiary/aromatic N) is 4. The van der Waals surface area contributed by atoms with Crippen molar-refractivity contribution in [3.63, 3.8) is 0 Å². The summed E-state index contributed by atoms with van der Waals surface area (Å²) in [6, 6.07) is 10.8. The molecule has 2 aromatic heterocycles. The molecule has 1 amide bonds. The lowest BCUT2D eigenvalue weighted by molar-refractivity contribution is -0.141. The lowest BCUT2D eigenvalue weighted by atomic mass is 9.74. The summed E-state index contributed by atoms with van der Waals surface area (Å²) in [5, 5.41) is 12.5. The summed E-state index contributed by atoms with van der Waals surface area (Å²) in [6.07, 6.45) is -1.91. The second-order valence-electron chi connectivity index (χ2n) is 9.46. The van der Waals surface area contributed by atoms with Gasteiger partial charge in [-0.3, -0.25) is 14.8 Å². The average molecular weight is 526 g/mol. The molecule has 4 heterocycles. The molecule has 0 bridgehead atoms. The summed E-state index contributed by atoms with van der Waals surface area (Å²) in [6.45, 7) is 2.26. The van der Waals surface area contributed by atoms with Crippen LogP contribution >= 0.6 is 0 Å². The van der Waals surface area contributed by atoms with E-state index in [1.165, 1.54) is 6.07 Å². The molecule has 1 fully saturated rings. The van der Waals surface area contributed by atoms with Gasteiger partial charge in [-0.1, -0.05) is 6.07 Å². The van der Waals surface area contributed by atoms with Crippen molar-refractivity contribution in [1.82, 2.24) is 9.97 Å². The smallest absolute Gasteiger partial charge is 0.377 e. The highest BCUT2D eigenvalue weighted by molar-refractivity contribution is 6.04. The number of alkyl halides is 4. The molecule has 2 aliphatic rings. The number of carbonyl (C=O) groups excluding carboxylic acids is 1. The van der Waals surface area contributed by atoms with Gasteiger partial charge < -0.3 is 15.0 Å². The number of nitriles is 1. The molecular formula is C27H23F4N5O2. The largest absolute Gasteiger partial charge is 0.433 e. The van der Waals surface area contributed by atoms with E-state index in [-0.39, 0.29) is 18.6 Å². The molecule has 11 heteroatoms. The van der Waals surface area contributed by atoms with Crippen LogP contribution in [0.2, 0.25) is 0 Å². The first-order valence-corrected chi connectivity index (χ1v) is 11.9. The number of amides is 1. The summed E-state index contributed by atoms with van der Waals surface area (Å²) in [5.74, 6) is -0.702. The van der Waals surface area contributed by atoms with Crippen molar-refractivity contribution in [2.75, 3.05) is 36.6 Å². The van der Waals surface area contributed by atoms with Crippen LogP contribution in [-0.2, 0) is 17.3 Å². The van der Waals surface area contributed by atoms with Crippen molar-refractivity contribution in [3.05, 3.63) is 71.3 Å². The highest BCUT2D eigenvalue weighted by atomic mass is 19.4. The van der Waals surface area contributed by atoms with Gasteiger partial charge in [0.1, 0.15) is 17.8 Å². The van der Waals surface area contributed by atoms with Crippen molar-refractivity contribution in [3.8, 4) is 17.2 Å². The van der Waals surface area contributed by atoms with E-state index in [4.69, 9.17) is 4.74 Å². The number of fused-ring (bicyclic) bond motifs is 3. The summed E-state index contributed by atoms with van der Waals surface area (Å²) in [4.78, 5) is 22.6. The van der Waals surface area contributed by atoms with Gasteiger partial charge in [0, 0.05) is 42.2 Å². The van der Waals surface area contributed by atoms with Crippen LogP contribution in [0.25, 0.3) is 11.1 Å². The van der Waals surface area contributed by atoms with Gasteiger partial charge >= 0.3 is 6.18 Å². The Morgan fingerprint density at radius 3 is 2.82 bits per heavy atom. The number of benzene rings is 1. The van der Waals surface area contributed by atoms with Crippen molar-refractivity contribution in [1.29, 1.82) is 5.26 Å². The highest BCUT2D eigenvalue weighted by Crippen LogP contribution is 2.43. The zero-order chi connectivity index (χ0) is 27.1. The number of ether oxygens (including phenoxy) is 1. The van der Waals surface area contributed by atoms with E-state index >= 15 is 0 Å². The van der Waals surface area contributed by atoms with Gasteiger partial charge in [0.15, 0.2) is 0 Å². The lowest BCUT2D eigenvalue weighted by Crippen LogP contribution is -2.59. The van der Waals surface area contributed by atoms with Gasteiger partial charge in [-0.05, 0) is 48.4 Å². The molecule has 196 valence electrons. The van der Waals surface area contributed by atoms with Crippen LogP contribution in [0, 0.1) is 23.7 Å². The third-order valence-electron chi connectivity index (χ3n) is 7.09. The van der Waals surface area contributed by atoms with Gasteiger partial charge in [0.2, 0.25) is 0 Å². The minimum absolute atomic E-state index is 0.168. The van der Waals surface area contributed by atoms with E-state index in [2.05, 4.69) is 21.4 Å². The van der Waals surface area contributed by atoms with Crippen LogP contribution in [-0.4, -0.2) is 48.4 Å². The highest BCUT2D eigenvalue weighted by Gasteiger charge is 2.49. The molecular weight excluding hydrogens is 502 g/mol. The number of carbonyl (C=O) groups is 1. The third-order valence-corrected chi connectivity index (χ3v) is 7.09. The number of anilines is 2. The monoisotopic (exact) mass is 525 g/mol. The van der Waals surface area contributed by atoms with Crippen LogP contribution in [0.3, 0.4) is 0 Å². The number of hydrogen-bond donors (Lipinski definition) is 1. The number of morpholine rings is 1. The Balaban J connectivity index is 1.46. The topological polar surface area (TPSA) is 91.1 Å². The predicted octanol–water partition coefficient (Wildman–Crippen LogP) is 4.96. The molecule has 1 aromatic carbocycles. The molecule has 1 saturated heterocycles. The molecule has 0 aliphatic carbocycles. The average Bonchev–Trinajstić information content (AvgIpc) is 2.93. The summed E-state index contributed by atoms with van der Waals surface area (Å²) < 4.78 is 58.7. The Bertz CT molecular complexity index is 1440. The van der Waals surface area contributed by atoms with E-state index in [9.17, 15) is 27.6 Å². The first-order chi connectivity index (χ1) is 18.1. The summed E-state index contributed by atoms with van der Waals surface area (Å²) in [5.41, 5.74) is 1.67. The first kappa shape index (κ1) is 25.6. The molecule has 0 unspecified atom stereocenters. The second-order valence-corrected chi connectivity index (χ2v) is 9.46. The maximum Gasteiger partial charge on any atom is 0.433 e. The Labute approximate surface area is 216 Å². The van der Waals surface area contributed by atoms with Crippen LogP contribution in [0.15, 0.2) is 48.8 Å². The summed E-state index contributed by atoms with van der Waals surface area (Å²) >= 11 is 0. The van der Waals surface area contributed by atoms with E-state index in [0.29, 0.717) is 30.6 Å². The van der Waals surface area contributed by atoms with Gasteiger partial charge in [0.05, 0.1) is 36.7 Å². The summed E-state index contributed by atoms with van der Waals surface area (Å²) in [7, 11) is 0. The maximum atomic E-state index is 14.1. The molecule has 2 aliphatic heterocycles. The molecule has 1 N–H and O–H groups in total. The Kier molecular flexibility index (Phi) is 6.53. The van der Waals surface area contributed by atoms with Crippen molar-refractivity contribution in [2.45, 2.75) is 25.6 Å². The number of nitrogens with one attached hydrogen (secondary N) is 1. The van der Waals surface area contributed by atoms with E-state index in [1.807, 2.05) is 17.9 Å². The van der Waals surface area contributed by atoms with Crippen molar-refractivity contribution < 1.29 is 27.1 Å². The van der Waals surface area contributed by atoms with Crippen molar-refractivity contribution >= 4 is 17.3 Å². The second kappa shape index (κ2) is 9.68. The SMILES string of the molecule is Cc1ccc(NC(=O)c2ccnc(C(F)(F)F)c2)cc1-c1cnc2c(c1)N1CCOC[C@H]1[C@](C#N)(CF)C2. The van der Waals surface area contributed by atoms with E-state index in [1.54, 1.807) is 24.4 Å². The first-order valence-electron chi connectivity index (χ1n) is 11.9. The van der Waals surface area contributed by atoms with Crippen LogP contribution < -0.4 is 10.2 Å². The molecule has 2 atom stereocenters. The number of pyridine rings is 2.